The zero-order chi connectivity index (χ0) is 19.5. The number of carbonyl (C=O) groups excluding carboxylic acids is 1. The molecule has 0 bridgehead atoms. The molecule has 0 atom stereocenters. The van der Waals surface area contributed by atoms with Gasteiger partial charge in [0.05, 0.1) is 22.3 Å². The maximum atomic E-state index is 13.5. The molecule has 1 aromatic rings. The van der Waals surface area contributed by atoms with Crippen LogP contribution in [0.2, 0.25) is 0 Å². The molecule has 144 valence electrons. The Kier molecular flexibility index (Phi) is 6.13. The number of carbonyl (C=O) groups is 1. The molecule has 11 heteroatoms. The van der Waals surface area contributed by atoms with E-state index in [1.807, 2.05) is 0 Å². The quantitative estimate of drug-likeness (QED) is 0.428. The number of nitrogen functional groups attached to an aromatic ring is 1. The largest absolute Gasteiger partial charge is 0.393 e. The Labute approximate surface area is 150 Å². The van der Waals surface area contributed by atoms with E-state index in [0.717, 1.165) is 6.07 Å². The minimum absolute atomic E-state index is 0.0769. The minimum Gasteiger partial charge on any atom is -0.393 e. The molecule has 0 saturated carbocycles. The number of piperidine rings is 1. The second-order valence-corrected chi connectivity index (χ2v) is 8.19. The lowest BCUT2D eigenvalue weighted by atomic mass is 10.0. The summed E-state index contributed by atoms with van der Waals surface area (Å²) < 4.78 is 39.0. The molecule has 1 aliphatic rings. The van der Waals surface area contributed by atoms with Crippen LogP contribution in [-0.2, 0) is 10.0 Å². The summed E-state index contributed by atoms with van der Waals surface area (Å²) in [5.41, 5.74) is 4.23. The third kappa shape index (κ3) is 4.47. The van der Waals surface area contributed by atoms with Gasteiger partial charge in [-0.05, 0) is 25.3 Å². The Morgan fingerprint density at radius 1 is 1.42 bits per heavy atom. The van der Waals surface area contributed by atoms with E-state index in [1.165, 1.54) is 4.31 Å². The van der Waals surface area contributed by atoms with Crippen LogP contribution < -0.4 is 11.1 Å². The molecule has 0 unspecified atom stereocenters. The van der Waals surface area contributed by atoms with E-state index in [1.54, 1.807) is 6.92 Å². The van der Waals surface area contributed by atoms with Gasteiger partial charge in [0.1, 0.15) is 11.5 Å². The monoisotopic (exact) mass is 388 g/mol. The molecular formula is C15H21FN4O5S. The van der Waals surface area contributed by atoms with Gasteiger partial charge < -0.3 is 11.1 Å². The average molecular weight is 388 g/mol. The van der Waals surface area contributed by atoms with Crippen LogP contribution in [0, 0.1) is 15.9 Å². The van der Waals surface area contributed by atoms with E-state index >= 15 is 0 Å². The number of nitro groups is 1. The number of hydrogen-bond donors (Lipinski definition) is 2. The summed E-state index contributed by atoms with van der Waals surface area (Å²) in [4.78, 5) is 22.4. The predicted molar refractivity (Wildman–Crippen MR) is 93.6 cm³/mol. The summed E-state index contributed by atoms with van der Waals surface area (Å²) in [6.07, 6.45) is 1.31. The zero-order valence-corrected chi connectivity index (χ0v) is 15.1. The molecule has 9 nitrogen and oxygen atoms in total. The first-order valence-electron chi connectivity index (χ1n) is 8.17. The number of anilines is 1. The van der Waals surface area contributed by atoms with Crippen LogP contribution in [0.4, 0.5) is 15.8 Å². The lowest BCUT2D eigenvalue weighted by molar-refractivity contribution is -0.384. The van der Waals surface area contributed by atoms with E-state index in [0.29, 0.717) is 25.3 Å². The summed E-state index contributed by atoms with van der Waals surface area (Å²) in [5.74, 6) is -1.58. The van der Waals surface area contributed by atoms with Crippen LogP contribution in [0.1, 0.15) is 36.5 Å². The highest BCUT2D eigenvalue weighted by atomic mass is 32.2. The first-order valence-corrected chi connectivity index (χ1v) is 9.78. The van der Waals surface area contributed by atoms with Crippen molar-refractivity contribution in [1.82, 2.24) is 9.62 Å². The van der Waals surface area contributed by atoms with E-state index in [-0.39, 0.29) is 30.4 Å². The number of sulfonamides is 1. The third-order valence-corrected chi connectivity index (χ3v) is 6.28. The molecular weight excluding hydrogens is 367 g/mol. The van der Waals surface area contributed by atoms with Gasteiger partial charge in [0.25, 0.3) is 11.6 Å². The standard InChI is InChI=1S/C15H21FN4O5S/c1-2-7-26(24,25)19-5-3-11(4-6-19)18-15(21)12-8-10(16)9-13(14(12)17)20(22)23/h8-9,11H,2-7,17H2,1H3,(H,18,21). The van der Waals surface area contributed by atoms with Gasteiger partial charge in [0, 0.05) is 19.1 Å². The highest BCUT2D eigenvalue weighted by molar-refractivity contribution is 7.89. The number of nitro benzene ring substituents is 1. The van der Waals surface area contributed by atoms with Crippen molar-refractivity contribution in [3.05, 3.63) is 33.6 Å². The van der Waals surface area contributed by atoms with Crippen molar-refractivity contribution in [3.63, 3.8) is 0 Å². The highest BCUT2D eigenvalue weighted by Gasteiger charge is 2.29. The molecule has 1 amide bonds. The van der Waals surface area contributed by atoms with E-state index in [2.05, 4.69) is 5.32 Å². The van der Waals surface area contributed by atoms with Gasteiger partial charge in [-0.2, -0.15) is 0 Å². The molecule has 26 heavy (non-hydrogen) atoms. The summed E-state index contributed by atoms with van der Waals surface area (Å²) in [7, 11) is -3.29. The number of amides is 1. The minimum atomic E-state index is -3.29. The lowest BCUT2D eigenvalue weighted by Gasteiger charge is -2.31. The number of nitrogens with one attached hydrogen (secondary N) is 1. The van der Waals surface area contributed by atoms with Gasteiger partial charge in [-0.25, -0.2) is 17.1 Å². The fourth-order valence-corrected chi connectivity index (χ4v) is 4.41. The Hall–Kier alpha value is -2.27. The number of nitrogens with two attached hydrogens (primary N) is 1. The average Bonchev–Trinajstić information content (AvgIpc) is 2.56. The second-order valence-electron chi connectivity index (χ2n) is 6.11. The van der Waals surface area contributed by atoms with E-state index in [4.69, 9.17) is 5.73 Å². The number of halogens is 1. The fourth-order valence-electron chi connectivity index (χ4n) is 2.87. The summed E-state index contributed by atoms with van der Waals surface area (Å²) in [6, 6.07) is 1.18. The van der Waals surface area contributed by atoms with Crippen molar-refractivity contribution in [2.75, 3.05) is 24.6 Å². The second kappa shape index (κ2) is 7.96. The molecule has 0 aromatic heterocycles. The van der Waals surface area contributed by atoms with Crippen molar-refractivity contribution in [3.8, 4) is 0 Å². The Morgan fingerprint density at radius 2 is 2.04 bits per heavy atom. The molecule has 1 aliphatic heterocycles. The van der Waals surface area contributed by atoms with E-state index in [9.17, 15) is 27.7 Å². The Bertz CT molecular complexity index is 806. The number of nitrogens with zero attached hydrogens (tertiary/aromatic N) is 2. The lowest BCUT2D eigenvalue weighted by Crippen LogP contribution is -2.47. The van der Waals surface area contributed by atoms with Crippen LogP contribution in [0.3, 0.4) is 0 Å². The fraction of sp³-hybridized carbons (Fsp3) is 0.533. The van der Waals surface area contributed by atoms with Gasteiger partial charge in [-0.1, -0.05) is 6.92 Å². The maximum Gasteiger partial charge on any atom is 0.295 e. The van der Waals surface area contributed by atoms with Gasteiger partial charge in [0.2, 0.25) is 10.0 Å². The molecule has 2 rings (SSSR count). The van der Waals surface area contributed by atoms with Crippen LogP contribution in [0.15, 0.2) is 12.1 Å². The molecule has 1 heterocycles. The molecule has 3 N–H and O–H groups in total. The summed E-state index contributed by atoms with van der Waals surface area (Å²) in [6.45, 7) is 2.32. The van der Waals surface area contributed by atoms with Crippen molar-refractivity contribution < 1.29 is 22.5 Å². The number of benzene rings is 1. The van der Waals surface area contributed by atoms with Crippen LogP contribution in [0.25, 0.3) is 0 Å². The smallest absolute Gasteiger partial charge is 0.295 e. The first kappa shape index (κ1) is 20.0. The molecule has 1 saturated heterocycles. The molecule has 0 radical (unpaired) electrons. The van der Waals surface area contributed by atoms with Crippen molar-refractivity contribution >= 4 is 27.3 Å². The first-order chi connectivity index (χ1) is 12.2. The summed E-state index contributed by atoms with van der Waals surface area (Å²) in [5, 5.41) is 13.5. The zero-order valence-electron chi connectivity index (χ0n) is 14.3. The topological polar surface area (TPSA) is 136 Å². The van der Waals surface area contributed by atoms with Gasteiger partial charge >= 0.3 is 0 Å². The third-order valence-electron chi connectivity index (χ3n) is 4.21. The molecule has 1 aromatic carbocycles. The molecule has 1 fully saturated rings. The SMILES string of the molecule is CCCS(=O)(=O)N1CCC(NC(=O)c2cc(F)cc([N+](=O)[O-])c2N)CC1. The Morgan fingerprint density at radius 3 is 2.58 bits per heavy atom. The highest BCUT2D eigenvalue weighted by Crippen LogP contribution is 2.27. The van der Waals surface area contributed by atoms with Crippen LogP contribution in [0.5, 0.6) is 0 Å². The summed E-state index contributed by atoms with van der Waals surface area (Å²) >= 11 is 0. The Balaban J connectivity index is 2.05. The van der Waals surface area contributed by atoms with Crippen molar-refractivity contribution in [2.45, 2.75) is 32.2 Å². The molecule has 0 spiro atoms. The van der Waals surface area contributed by atoms with E-state index < -0.39 is 38.0 Å². The van der Waals surface area contributed by atoms with Crippen molar-refractivity contribution in [1.29, 1.82) is 0 Å². The normalized spacial score (nSPS) is 16.4. The molecule has 0 aliphatic carbocycles. The van der Waals surface area contributed by atoms with Crippen LogP contribution >= 0.6 is 0 Å². The van der Waals surface area contributed by atoms with Crippen molar-refractivity contribution in [2.24, 2.45) is 0 Å². The van der Waals surface area contributed by atoms with Crippen LogP contribution in [-0.4, -0.2) is 48.4 Å². The van der Waals surface area contributed by atoms with Gasteiger partial charge in [-0.3, -0.25) is 14.9 Å². The maximum absolute atomic E-state index is 13.5. The number of hydrogen-bond acceptors (Lipinski definition) is 6. The predicted octanol–water partition coefficient (Wildman–Crippen LogP) is 1.25. The van der Waals surface area contributed by atoms with Gasteiger partial charge in [-0.15, -0.1) is 0 Å². The number of rotatable bonds is 6. The van der Waals surface area contributed by atoms with Gasteiger partial charge in [0.15, 0.2) is 0 Å².